The number of aromatic nitrogens is 2. The van der Waals surface area contributed by atoms with Crippen LogP contribution in [-0.2, 0) is 30.5 Å². The SMILES string of the molecule is CC(=O)OCC(=O)NS(=O)(=O)c1ccc(-c2c(-c3cccc(F)c3)nn3cc(C(F)(F)F)ccc23)cc1. The van der Waals surface area contributed by atoms with Crippen molar-refractivity contribution in [1.82, 2.24) is 14.3 Å². The van der Waals surface area contributed by atoms with E-state index in [1.165, 1.54) is 54.6 Å². The number of carbonyl (C=O) groups excluding carboxylic acids is 2. The average molecular weight is 535 g/mol. The molecule has 0 aliphatic heterocycles. The molecule has 0 aliphatic carbocycles. The highest BCUT2D eigenvalue weighted by molar-refractivity contribution is 7.90. The van der Waals surface area contributed by atoms with Crippen molar-refractivity contribution in [3.63, 3.8) is 0 Å². The zero-order valence-electron chi connectivity index (χ0n) is 18.9. The summed E-state index contributed by atoms with van der Waals surface area (Å²) in [5, 5.41) is 4.25. The maximum atomic E-state index is 13.9. The van der Waals surface area contributed by atoms with Gasteiger partial charge in [-0.15, -0.1) is 0 Å². The monoisotopic (exact) mass is 535 g/mol. The van der Waals surface area contributed by atoms with Gasteiger partial charge in [-0.2, -0.15) is 18.3 Å². The number of fused-ring (bicyclic) bond motifs is 1. The van der Waals surface area contributed by atoms with Crippen LogP contribution in [0.15, 0.2) is 71.8 Å². The van der Waals surface area contributed by atoms with Gasteiger partial charge in [-0.05, 0) is 42.0 Å². The van der Waals surface area contributed by atoms with E-state index in [4.69, 9.17) is 0 Å². The number of hydrogen-bond donors (Lipinski definition) is 1. The predicted molar refractivity (Wildman–Crippen MR) is 123 cm³/mol. The molecule has 2 heterocycles. The fourth-order valence-corrected chi connectivity index (χ4v) is 4.52. The minimum Gasteiger partial charge on any atom is -0.456 e. The van der Waals surface area contributed by atoms with Gasteiger partial charge in [0.1, 0.15) is 11.5 Å². The van der Waals surface area contributed by atoms with Crippen LogP contribution in [0.4, 0.5) is 17.6 Å². The van der Waals surface area contributed by atoms with E-state index in [1.54, 1.807) is 4.72 Å². The van der Waals surface area contributed by atoms with Crippen LogP contribution < -0.4 is 4.72 Å². The molecule has 8 nitrogen and oxygen atoms in total. The summed E-state index contributed by atoms with van der Waals surface area (Å²) in [6.07, 6.45) is -3.81. The van der Waals surface area contributed by atoms with Crippen LogP contribution in [0.25, 0.3) is 27.9 Å². The molecule has 0 saturated carbocycles. The molecule has 4 aromatic rings. The van der Waals surface area contributed by atoms with E-state index in [-0.39, 0.29) is 16.1 Å². The normalized spacial score (nSPS) is 11.9. The number of ether oxygens (including phenoxy) is 1. The molecule has 0 radical (unpaired) electrons. The third-order valence-corrected chi connectivity index (χ3v) is 6.55. The van der Waals surface area contributed by atoms with Gasteiger partial charge in [0.25, 0.3) is 15.9 Å². The molecule has 0 spiro atoms. The number of halogens is 4. The first kappa shape index (κ1) is 25.8. The van der Waals surface area contributed by atoms with Gasteiger partial charge in [0.2, 0.25) is 0 Å². The minimum atomic E-state index is -4.62. The number of hydrogen-bond acceptors (Lipinski definition) is 6. The Morgan fingerprint density at radius 2 is 1.73 bits per heavy atom. The topological polar surface area (TPSA) is 107 Å². The fraction of sp³-hybridized carbons (Fsp3) is 0.125. The highest BCUT2D eigenvalue weighted by Crippen LogP contribution is 2.37. The third-order valence-electron chi connectivity index (χ3n) is 5.16. The lowest BCUT2D eigenvalue weighted by atomic mass is 9.99. The zero-order chi connectivity index (χ0) is 27.0. The van der Waals surface area contributed by atoms with Gasteiger partial charge < -0.3 is 4.74 Å². The molecule has 0 fully saturated rings. The van der Waals surface area contributed by atoms with Crippen LogP contribution in [0.3, 0.4) is 0 Å². The van der Waals surface area contributed by atoms with E-state index in [0.717, 1.165) is 23.7 Å². The lowest BCUT2D eigenvalue weighted by Gasteiger charge is -2.09. The van der Waals surface area contributed by atoms with Crippen LogP contribution in [0.5, 0.6) is 0 Å². The standard InChI is InChI=1S/C24H17F4N3O5S/c1-14(32)36-13-21(33)30-37(34,35)19-8-5-15(6-9-19)22-20-10-7-17(24(26,27)28)12-31(20)29-23(22)16-3-2-4-18(25)11-16/h2-12H,13H2,1H3,(H,30,33). The second-order valence-corrected chi connectivity index (χ2v) is 9.50. The molecule has 0 unspecified atom stereocenters. The van der Waals surface area contributed by atoms with Crippen molar-refractivity contribution < 1.29 is 40.3 Å². The van der Waals surface area contributed by atoms with Crippen LogP contribution in [0.1, 0.15) is 12.5 Å². The van der Waals surface area contributed by atoms with Gasteiger partial charge in [0.05, 0.1) is 16.0 Å². The number of amides is 1. The summed E-state index contributed by atoms with van der Waals surface area (Å²) in [4.78, 5) is 22.3. The molecule has 0 bridgehead atoms. The fourth-order valence-electron chi connectivity index (χ4n) is 3.55. The molecule has 4 rings (SSSR count). The second-order valence-electron chi connectivity index (χ2n) is 7.81. The average Bonchev–Trinajstić information content (AvgIpc) is 3.21. The summed E-state index contributed by atoms with van der Waals surface area (Å²) in [7, 11) is -4.31. The molecule has 37 heavy (non-hydrogen) atoms. The molecule has 2 aromatic heterocycles. The van der Waals surface area contributed by atoms with Gasteiger partial charge in [-0.1, -0.05) is 24.3 Å². The van der Waals surface area contributed by atoms with E-state index in [1.807, 2.05) is 0 Å². The number of nitrogens with zero attached hydrogens (tertiary/aromatic N) is 2. The number of benzene rings is 2. The Kier molecular flexibility index (Phi) is 6.74. The number of sulfonamides is 1. The molecular formula is C24H17F4N3O5S. The van der Waals surface area contributed by atoms with Gasteiger partial charge in [0, 0.05) is 24.2 Å². The Labute approximate surface area is 207 Å². The van der Waals surface area contributed by atoms with Crippen molar-refractivity contribution in [2.75, 3.05) is 6.61 Å². The summed E-state index contributed by atoms with van der Waals surface area (Å²) in [6.45, 7) is 0.273. The molecule has 1 N–H and O–H groups in total. The molecule has 0 saturated heterocycles. The molecule has 13 heteroatoms. The Morgan fingerprint density at radius 1 is 1.03 bits per heavy atom. The van der Waals surface area contributed by atoms with E-state index in [2.05, 4.69) is 9.84 Å². The van der Waals surface area contributed by atoms with Crippen molar-refractivity contribution in [2.24, 2.45) is 0 Å². The van der Waals surface area contributed by atoms with Gasteiger partial charge in [-0.3, -0.25) is 9.59 Å². The van der Waals surface area contributed by atoms with Gasteiger partial charge in [-0.25, -0.2) is 22.0 Å². The highest BCUT2D eigenvalue weighted by atomic mass is 32.2. The largest absolute Gasteiger partial charge is 0.456 e. The van der Waals surface area contributed by atoms with Crippen LogP contribution in [0.2, 0.25) is 0 Å². The zero-order valence-corrected chi connectivity index (χ0v) is 19.7. The summed E-state index contributed by atoms with van der Waals surface area (Å²) < 4.78 is 86.0. The number of carbonyl (C=O) groups is 2. The number of rotatable bonds is 6. The lowest BCUT2D eigenvalue weighted by Crippen LogP contribution is -2.33. The van der Waals surface area contributed by atoms with E-state index in [9.17, 15) is 35.6 Å². The number of pyridine rings is 1. The van der Waals surface area contributed by atoms with E-state index in [0.29, 0.717) is 16.7 Å². The molecule has 2 aromatic carbocycles. The lowest BCUT2D eigenvalue weighted by molar-refractivity contribution is -0.145. The summed E-state index contributed by atoms with van der Waals surface area (Å²) in [6, 6.07) is 12.6. The molecule has 0 aliphatic rings. The first-order valence-electron chi connectivity index (χ1n) is 10.5. The van der Waals surface area contributed by atoms with Crippen LogP contribution in [-0.4, -0.2) is 36.5 Å². The maximum Gasteiger partial charge on any atom is 0.417 e. The molecular weight excluding hydrogens is 518 g/mol. The van der Waals surface area contributed by atoms with Gasteiger partial charge in [0.15, 0.2) is 6.61 Å². The van der Waals surface area contributed by atoms with Crippen molar-refractivity contribution in [1.29, 1.82) is 0 Å². The summed E-state index contributed by atoms with van der Waals surface area (Å²) in [5.41, 5.74) is 0.496. The van der Waals surface area contributed by atoms with Crippen molar-refractivity contribution in [2.45, 2.75) is 18.0 Å². The third kappa shape index (κ3) is 5.61. The Bertz CT molecular complexity index is 1610. The second kappa shape index (κ2) is 9.65. The Balaban J connectivity index is 1.77. The van der Waals surface area contributed by atoms with Crippen LogP contribution in [0, 0.1) is 5.82 Å². The first-order chi connectivity index (χ1) is 17.3. The predicted octanol–water partition coefficient (Wildman–Crippen LogP) is 4.19. The summed E-state index contributed by atoms with van der Waals surface area (Å²) >= 11 is 0. The molecule has 1 amide bonds. The van der Waals surface area contributed by atoms with Crippen molar-refractivity contribution in [3.05, 3.63) is 78.2 Å². The maximum absolute atomic E-state index is 13.9. The number of nitrogens with one attached hydrogen (secondary N) is 1. The highest BCUT2D eigenvalue weighted by Gasteiger charge is 2.31. The number of esters is 1. The Hall–Kier alpha value is -4.26. The minimum absolute atomic E-state index is 0.170. The Morgan fingerprint density at radius 3 is 2.35 bits per heavy atom. The van der Waals surface area contributed by atoms with Crippen molar-refractivity contribution in [3.8, 4) is 22.4 Å². The quantitative estimate of drug-likeness (QED) is 0.293. The van der Waals surface area contributed by atoms with Gasteiger partial charge >= 0.3 is 12.1 Å². The van der Waals surface area contributed by atoms with Crippen molar-refractivity contribution >= 4 is 27.4 Å². The summed E-state index contributed by atoms with van der Waals surface area (Å²) in [5.74, 6) is -2.40. The first-order valence-corrected chi connectivity index (χ1v) is 12.0. The van der Waals surface area contributed by atoms with E-state index >= 15 is 0 Å². The van der Waals surface area contributed by atoms with E-state index < -0.39 is 46.1 Å². The molecule has 192 valence electrons. The molecule has 0 atom stereocenters. The van der Waals surface area contributed by atoms with Crippen LogP contribution >= 0.6 is 0 Å². The number of alkyl halides is 3. The smallest absolute Gasteiger partial charge is 0.417 e.